The molecule has 0 bridgehead atoms. The van der Waals surface area contributed by atoms with E-state index in [1.54, 1.807) is 0 Å². The summed E-state index contributed by atoms with van der Waals surface area (Å²) < 4.78 is 1.23. The molecule has 0 nitrogen and oxygen atoms in total. The maximum Gasteiger partial charge on any atom is 0.0367 e. The Kier molecular flexibility index (Phi) is 4.72. The van der Waals surface area contributed by atoms with E-state index in [0.29, 0.717) is 11.3 Å². The molecule has 1 aliphatic carbocycles. The van der Waals surface area contributed by atoms with E-state index in [4.69, 9.17) is 11.6 Å². The maximum atomic E-state index is 6.47. The summed E-state index contributed by atoms with van der Waals surface area (Å²) in [6.45, 7) is 0. The highest BCUT2D eigenvalue weighted by Gasteiger charge is 2.22. The number of alkyl halides is 1. The molecule has 1 aromatic rings. The lowest BCUT2D eigenvalue weighted by atomic mass is 9.92. The molecule has 0 aliphatic heterocycles. The summed E-state index contributed by atoms with van der Waals surface area (Å²) in [5.41, 5.74) is 1.40. The molecule has 0 saturated heterocycles. The van der Waals surface area contributed by atoms with Crippen LogP contribution in [0.2, 0.25) is 0 Å². The fourth-order valence-electron chi connectivity index (χ4n) is 2.52. The number of halogens is 2. The lowest BCUT2D eigenvalue weighted by Crippen LogP contribution is -2.16. The van der Waals surface area contributed by atoms with Crippen LogP contribution in [0.15, 0.2) is 28.7 Å². The summed E-state index contributed by atoms with van der Waals surface area (Å²) in [6.07, 6.45) is 7.61. The number of hydrogen-bond acceptors (Lipinski definition) is 0. The van der Waals surface area contributed by atoms with Gasteiger partial charge in [-0.05, 0) is 36.8 Å². The predicted molar refractivity (Wildman–Crippen MR) is 74.1 cm³/mol. The van der Waals surface area contributed by atoms with Crippen LogP contribution < -0.4 is 0 Å². The maximum absolute atomic E-state index is 6.47. The Bertz CT molecular complexity index is 337. The Morgan fingerprint density at radius 3 is 2.69 bits per heavy atom. The molecule has 1 aromatic carbocycles. The van der Waals surface area contributed by atoms with E-state index in [1.807, 2.05) is 0 Å². The number of rotatable bonds is 2. The standard InChI is InChI=1S/C14H18BrCl/c15-13-8-5-4-6-11(13)10-12-7-2-1-3-9-14(12)16/h4-6,8,12,14H,1-3,7,9-10H2. The van der Waals surface area contributed by atoms with Gasteiger partial charge in [-0.25, -0.2) is 0 Å². The third-order valence-corrected chi connectivity index (χ3v) is 4.85. The molecule has 0 spiro atoms. The first-order chi connectivity index (χ1) is 7.77. The molecule has 0 amide bonds. The van der Waals surface area contributed by atoms with E-state index >= 15 is 0 Å². The SMILES string of the molecule is ClC1CCCCCC1Cc1ccccc1Br. The fraction of sp³-hybridized carbons (Fsp3) is 0.571. The van der Waals surface area contributed by atoms with Gasteiger partial charge in [-0.2, -0.15) is 0 Å². The van der Waals surface area contributed by atoms with E-state index in [1.165, 1.54) is 42.1 Å². The molecule has 0 N–H and O–H groups in total. The molecule has 2 heteroatoms. The topological polar surface area (TPSA) is 0 Å². The quantitative estimate of drug-likeness (QED) is 0.521. The third-order valence-electron chi connectivity index (χ3n) is 3.51. The van der Waals surface area contributed by atoms with Crippen molar-refractivity contribution >= 4 is 27.5 Å². The van der Waals surface area contributed by atoms with Gasteiger partial charge in [-0.1, -0.05) is 53.4 Å². The first-order valence-electron chi connectivity index (χ1n) is 6.15. The molecule has 2 unspecified atom stereocenters. The largest absolute Gasteiger partial charge is 0.123 e. The van der Waals surface area contributed by atoms with Crippen molar-refractivity contribution in [1.29, 1.82) is 0 Å². The Morgan fingerprint density at radius 2 is 1.88 bits per heavy atom. The van der Waals surface area contributed by atoms with Gasteiger partial charge in [0.25, 0.3) is 0 Å². The Morgan fingerprint density at radius 1 is 1.12 bits per heavy atom. The van der Waals surface area contributed by atoms with Gasteiger partial charge in [0.1, 0.15) is 0 Å². The Labute approximate surface area is 112 Å². The molecule has 0 radical (unpaired) electrons. The molecule has 2 atom stereocenters. The summed E-state index contributed by atoms with van der Waals surface area (Å²) in [4.78, 5) is 0. The number of benzene rings is 1. The van der Waals surface area contributed by atoms with Crippen molar-refractivity contribution in [3.8, 4) is 0 Å². The van der Waals surface area contributed by atoms with Crippen molar-refractivity contribution in [2.24, 2.45) is 5.92 Å². The second-order valence-electron chi connectivity index (χ2n) is 4.71. The smallest absolute Gasteiger partial charge is 0.0367 e. The molecular formula is C14H18BrCl. The Balaban J connectivity index is 2.05. The molecular weight excluding hydrogens is 284 g/mol. The zero-order valence-electron chi connectivity index (χ0n) is 9.46. The first kappa shape index (κ1) is 12.4. The van der Waals surface area contributed by atoms with Crippen LogP contribution in [0, 0.1) is 5.92 Å². The van der Waals surface area contributed by atoms with Crippen LogP contribution in [-0.4, -0.2) is 5.38 Å². The first-order valence-corrected chi connectivity index (χ1v) is 7.38. The van der Waals surface area contributed by atoms with Gasteiger partial charge in [-0.15, -0.1) is 11.6 Å². The highest BCUT2D eigenvalue weighted by Crippen LogP contribution is 2.31. The van der Waals surface area contributed by atoms with Crippen molar-refractivity contribution < 1.29 is 0 Å². The lowest BCUT2D eigenvalue weighted by Gasteiger charge is -2.20. The normalized spacial score (nSPS) is 26.4. The van der Waals surface area contributed by atoms with E-state index in [9.17, 15) is 0 Å². The summed E-state index contributed by atoms with van der Waals surface area (Å²) in [6, 6.07) is 8.51. The van der Waals surface area contributed by atoms with Crippen LogP contribution in [0.1, 0.15) is 37.7 Å². The molecule has 1 saturated carbocycles. The average Bonchev–Trinajstić information content (AvgIpc) is 2.48. The van der Waals surface area contributed by atoms with Crippen LogP contribution in [-0.2, 0) is 6.42 Å². The average molecular weight is 302 g/mol. The van der Waals surface area contributed by atoms with Gasteiger partial charge >= 0.3 is 0 Å². The summed E-state index contributed by atoms with van der Waals surface area (Å²) >= 11 is 10.1. The summed E-state index contributed by atoms with van der Waals surface area (Å²) in [5.74, 6) is 0.655. The van der Waals surface area contributed by atoms with Crippen LogP contribution >= 0.6 is 27.5 Å². The van der Waals surface area contributed by atoms with Crippen molar-refractivity contribution in [3.05, 3.63) is 34.3 Å². The van der Waals surface area contributed by atoms with Gasteiger partial charge in [0.15, 0.2) is 0 Å². The highest BCUT2D eigenvalue weighted by atomic mass is 79.9. The van der Waals surface area contributed by atoms with Gasteiger partial charge in [0.2, 0.25) is 0 Å². The van der Waals surface area contributed by atoms with E-state index in [-0.39, 0.29) is 0 Å². The summed E-state index contributed by atoms with van der Waals surface area (Å²) in [7, 11) is 0. The van der Waals surface area contributed by atoms with Gasteiger partial charge < -0.3 is 0 Å². The molecule has 88 valence electrons. The molecule has 0 heterocycles. The van der Waals surface area contributed by atoms with Crippen LogP contribution in [0.4, 0.5) is 0 Å². The molecule has 1 aliphatic rings. The van der Waals surface area contributed by atoms with Gasteiger partial charge in [-0.3, -0.25) is 0 Å². The second-order valence-corrected chi connectivity index (χ2v) is 6.12. The highest BCUT2D eigenvalue weighted by molar-refractivity contribution is 9.10. The monoisotopic (exact) mass is 300 g/mol. The fourth-order valence-corrected chi connectivity index (χ4v) is 3.33. The molecule has 16 heavy (non-hydrogen) atoms. The van der Waals surface area contributed by atoms with Crippen molar-refractivity contribution in [3.63, 3.8) is 0 Å². The van der Waals surface area contributed by atoms with Crippen LogP contribution in [0.25, 0.3) is 0 Å². The predicted octanol–water partition coefficient (Wildman–Crippen LogP) is 5.18. The molecule has 1 fully saturated rings. The number of hydrogen-bond donors (Lipinski definition) is 0. The minimum atomic E-state index is 0.370. The minimum Gasteiger partial charge on any atom is -0.123 e. The molecule has 0 aromatic heterocycles. The van der Waals surface area contributed by atoms with E-state index < -0.39 is 0 Å². The zero-order valence-corrected chi connectivity index (χ0v) is 11.8. The van der Waals surface area contributed by atoms with Crippen molar-refractivity contribution in [2.45, 2.75) is 43.9 Å². The Hall–Kier alpha value is -0.0100. The van der Waals surface area contributed by atoms with Gasteiger partial charge in [0, 0.05) is 9.85 Å². The van der Waals surface area contributed by atoms with Crippen molar-refractivity contribution in [2.75, 3.05) is 0 Å². The van der Waals surface area contributed by atoms with E-state index in [2.05, 4.69) is 40.2 Å². The zero-order chi connectivity index (χ0) is 11.4. The van der Waals surface area contributed by atoms with Crippen molar-refractivity contribution in [1.82, 2.24) is 0 Å². The van der Waals surface area contributed by atoms with Crippen LogP contribution in [0.5, 0.6) is 0 Å². The van der Waals surface area contributed by atoms with Crippen LogP contribution in [0.3, 0.4) is 0 Å². The van der Waals surface area contributed by atoms with E-state index in [0.717, 1.165) is 6.42 Å². The lowest BCUT2D eigenvalue weighted by molar-refractivity contribution is 0.464. The minimum absolute atomic E-state index is 0.370. The van der Waals surface area contributed by atoms with Gasteiger partial charge in [0.05, 0.1) is 0 Å². The second kappa shape index (κ2) is 6.07. The summed E-state index contributed by atoms with van der Waals surface area (Å²) in [5, 5.41) is 0.370. The third kappa shape index (κ3) is 3.24. The molecule has 2 rings (SSSR count).